The summed E-state index contributed by atoms with van der Waals surface area (Å²) in [6, 6.07) is -0.146. The summed E-state index contributed by atoms with van der Waals surface area (Å²) in [7, 11) is 1.61. The average molecular weight is 394 g/mol. The van der Waals surface area contributed by atoms with Crippen molar-refractivity contribution in [3.63, 3.8) is 0 Å². The van der Waals surface area contributed by atoms with E-state index in [9.17, 15) is 9.59 Å². The molecule has 0 spiro atoms. The molecule has 0 saturated heterocycles. The van der Waals surface area contributed by atoms with E-state index in [0.29, 0.717) is 43.6 Å². The van der Waals surface area contributed by atoms with E-state index in [1.807, 2.05) is 18.5 Å². The molecule has 1 aliphatic rings. The lowest BCUT2D eigenvalue weighted by atomic mass is 9.83. The SMILES string of the molecule is CO[C@H]1C[C@@H](C(=O)NCCCO)CC[C@@H]1NC(=O)c1c(C)nc2sccn12. The molecule has 9 heteroatoms. The number of aliphatic hydroxyl groups is 1. The maximum atomic E-state index is 12.8. The Bertz CT molecular complexity index is 802. The van der Waals surface area contributed by atoms with Crippen molar-refractivity contribution in [2.24, 2.45) is 5.92 Å². The van der Waals surface area contributed by atoms with Crippen LogP contribution in [0, 0.1) is 12.8 Å². The second-order valence-electron chi connectivity index (χ2n) is 6.83. The highest BCUT2D eigenvalue weighted by Gasteiger charge is 2.35. The minimum atomic E-state index is -0.220. The van der Waals surface area contributed by atoms with Crippen molar-refractivity contribution < 1.29 is 19.4 Å². The number of aliphatic hydroxyl groups excluding tert-OH is 1. The molecule has 2 aromatic heterocycles. The first-order valence-corrected chi connectivity index (χ1v) is 10.1. The molecule has 148 valence electrons. The Hall–Kier alpha value is -1.97. The Morgan fingerprint density at radius 2 is 2.26 bits per heavy atom. The van der Waals surface area contributed by atoms with Gasteiger partial charge in [0.15, 0.2) is 4.96 Å². The first kappa shape index (κ1) is 19.8. The summed E-state index contributed by atoms with van der Waals surface area (Å²) in [4.78, 5) is 30.3. The number of rotatable bonds is 7. The minimum Gasteiger partial charge on any atom is -0.396 e. The molecule has 2 heterocycles. The zero-order valence-corrected chi connectivity index (χ0v) is 16.4. The lowest BCUT2D eigenvalue weighted by Gasteiger charge is -2.35. The maximum Gasteiger partial charge on any atom is 0.270 e. The first-order valence-electron chi connectivity index (χ1n) is 9.19. The number of amides is 2. The highest BCUT2D eigenvalue weighted by Crippen LogP contribution is 2.27. The highest BCUT2D eigenvalue weighted by atomic mass is 32.1. The van der Waals surface area contributed by atoms with Gasteiger partial charge in [-0.25, -0.2) is 4.98 Å². The second-order valence-corrected chi connectivity index (χ2v) is 7.71. The van der Waals surface area contributed by atoms with E-state index in [1.54, 1.807) is 11.5 Å². The Morgan fingerprint density at radius 3 is 3.00 bits per heavy atom. The Labute approximate surface area is 161 Å². The molecule has 3 N–H and O–H groups in total. The molecule has 3 rings (SSSR count). The first-order chi connectivity index (χ1) is 13.0. The van der Waals surface area contributed by atoms with Gasteiger partial charge in [-0.15, -0.1) is 11.3 Å². The van der Waals surface area contributed by atoms with Gasteiger partial charge in [0, 0.05) is 37.8 Å². The third-order valence-electron chi connectivity index (χ3n) is 5.07. The molecule has 2 amide bonds. The van der Waals surface area contributed by atoms with Crippen molar-refractivity contribution in [1.82, 2.24) is 20.0 Å². The zero-order chi connectivity index (χ0) is 19.4. The largest absolute Gasteiger partial charge is 0.396 e. The third kappa shape index (κ3) is 4.31. The van der Waals surface area contributed by atoms with Gasteiger partial charge in [-0.1, -0.05) is 0 Å². The minimum absolute atomic E-state index is 0.0121. The van der Waals surface area contributed by atoms with Crippen LogP contribution >= 0.6 is 11.3 Å². The molecule has 1 fully saturated rings. The van der Waals surface area contributed by atoms with Crippen LogP contribution in [-0.4, -0.2) is 58.7 Å². The van der Waals surface area contributed by atoms with Crippen molar-refractivity contribution in [2.75, 3.05) is 20.3 Å². The fraction of sp³-hybridized carbons (Fsp3) is 0.611. The number of hydrogen-bond donors (Lipinski definition) is 3. The number of nitrogens with zero attached hydrogens (tertiary/aromatic N) is 2. The van der Waals surface area contributed by atoms with Gasteiger partial charge < -0.3 is 20.5 Å². The van der Waals surface area contributed by atoms with Crippen LogP contribution in [0.2, 0.25) is 0 Å². The number of ether oxygens (including phenoxy) is 1. The summed E-state index contributed by atoms with van der Waals surface area (Å²) in [6.45, 7) is 2.36. The Balaban J connectivity index is 1.62. The number of imidazole rings is 1. The van der Waals surface area contributed by atoms with Crippen LogP contribution in [0.5, 0.6) is 0 Å². The van der Waals surface area contributed by atoms with Gasteiger partial charge in [0.2, 0.25) is 5.91 Å². The van der Waals surface area contributed by atoms with E-state index in [1.165, 1.54) is 11.3 Å². The molecule has 1 aliphatic carbocycles. The molecule has 8 nitrogen and oxygen atoms in total. The number of carbonyl (C=O) groups excluding carboxylic acids is 2. The molecular formula is C18H26N4O4S. The average Bonchev–Trinajstić information content (AvgIpc) is 3.21. The smallest absolute Gasteiger partial charge is 0.270 e. The molecule has 0 unspecified atom stereocenters. The number of fused-ring (bicyclic) bond motifs is 1. The molecule has 1 saturated carbocycles. The number of hydrogen-bond acceptors (Lipinski definition) is 6. The van der Waals surface area contributed by atoms with E-state index >= 15 is 0 Å². The predicted octanol–water partition coefficient (Wildman–Crippen LogP) is 1.12. The summed E-state index contributed by atoms with van der Waals surface area (Å²) in [5, 5.41) is 16.6. The summed E-state index contributed by atoms with van der Waals surface area (Å²) >= 11 is 1.49. The molecule has 3 atom stereocenters. The van der Waals surface area contributed by atoms with Crippen LogP contribution in [0.15, 0.2) is 11.6 Å². The molecular weight excluding hydrogens is 368 g/mol. The number of carbonyl (C=O) groups is 2. The van der Waals surface area contributed by atoms with Gasteiger partial charge in [-0.3, -0.25) is 14.0 Å². The van der Waals surface area contributed by atoms with Gasteiger partial charge in [-0.2, -0.15) is 0 Å². The van der Waals surface area contributed by atoms with Crippen molar-refractivity contribution in [3.05, 3.63) is 23.0 Å². The number of methoxy groups -OCH3 is 1. The monoisotopic (exact) mass is 394 g/mol. The van der Waals surface area contributed by atoms with E-state index in [-0.39, 0.29) is 36.5 Å². The molecule has 2 aromatic rings. The summed E-state index contributed by atoms with van der Waals surface area (Å²) in [6.07, 6.45) is 4.10. The predicted molar refractivity (Wildman–Crippen MR) is 102 cm³/mol. The summed E-state index contributed by atoms with van der Waals surface area (Å²) in [5.41, 5.74) is 1.25. The van der Waals surface area contributed by atoms with E-state index in [0.717, 1.165) is 4.96 Å². The number of aromatic nitrogens is 2. The lowest BCUT2D eigenvalue weighted by molar-refractivity contribution is -0.127. The van der Waals surface area contributed by atoms with E-state index < -0.39 is 0 Å². The molecule has 0 aromatic carbocycles. The topological polar surface area (TPSA) is 105 Å². The van der Waals surface area contributed by atoms with Crippen LogP contribution in [0.4, 0.5) is 0 Å². The zero-order valence-electron chi connectivity index (χ0n) is 15.6. The van der Waals surface area contributed by atoms with E-state index in [4.69, 9.17) is 9.84 Å². The van der Waals surface area contributed by atoms with Gasteiger partial charge in [-0.05, 0) is 32.6 Å². The number of aryl methyl sites for hydroxylation is 1. The fourth-order valence-electron chi connectivity index (χ4n) is 3.63. The standard InChI is InChI=1S/C18H26N4O4S/c1-11-15(22-7-9-27-18(22)20-11)17(25)21-13-5-4-12(10-14(13)26-2)16(24)19-6-3-8-23/h7,9,12-14,23H,3-6,8,10H2,1-2H3,(H,19,24)(H,21,25)/t12-,13-,14-/m0/s1. The lowest BCUT2D eigenvalue weighted by Crippen LogP contribution is -2.50. The molecule has 27 heavy (non-hydrogen) atoms. The van der Waals surface area contributed by atoms with Crippen LogP contribution in [0.25, 0.3) is 4.96 Å². The van der Waals surface area contributed by atoms with Crippen molar-refractivity contribution >= 4 is 28.1 Å². The van der Waals surface area contributed by atoms with Crippen molar-refractivity contribution in [2.45, 2.75) is 44.8 Å². The number of nitrogens with one attached hydrogen (secondary N) is 2. The van der Waals surface area contributed by atoms with Crippen LogP contribution in [0.3, 0.4) is 0 Å². The Morgan fingerprint density at radius 1 is 1.44 bits per heavy atom. The van der Waals surface area contributed by atoms with Gasteiger partial charge in [0.05, 0.1) is 17.8 Å². The summed E-state index contributed by atoms with van der Waals surface area (Å²) in [5.74, 6) is -0.319. The van der Waals surface area contributed by atoms with Crippen molar-refractivity contribution in [3.8, 4) is 0 Å². The van der Waals surface area contributed by atoms with Gasteiger partial charge in [0.1, 0.15) is 5.69 Å². The van der Waals surface area contributed by atoms with Gasteiger partial charge in [0.25, 0.3) is 5.91 Å². The third-order valence-corrected chi connectivity index (χ3v) is 5.82. The molecule has 0 radical (unpaired) electrons. The van der Waals surface area contributed by atoms with E-state index in [2.05, 4.69) is 15.6 Å². The van der Waals surface area contributed by atoms with Crippen LogP contribution in [0.1, 0.15) is 41.9 Å². The normalized spacial score (nSPS) is 22.7. The number of thiazole rings is 1. The highest BCUT2D eigenvalue weighted by molar-refractivity contribution is 7.15. The fourth-order valence-corrected chi connectivity index (χ4v) is 4.39. The molecule has 0 bridgehead atoms. The molecule has 0 aliphatic heterocycles. The Kier molecular flexibility index (Phi) is 6.46. The second kappa shape index (κ2) is 8.81. The van der Waals surface area contributed by atoms with Crippen LogP contribution < -0.4 is 10.6 Å². The maximum absolute atomic E-state index is 12.8. The quantitative estimate of drug-likeness (QED) is 0.611. The van der Waals surface area contributed by atoms with Crippen molar-refractivity contribution in [1.29, 1.82) is 0 Å². The van der Waals surface area contributed by atoms with Gasteiger partial charge >= 0.3 is 0 Å². The van der Waals surface area contributed by atoms with Crippen LogP contribution in [-0.2, 0) is 9.53 Å². The summed E-state index contributed by atoms with van der Waals surface area (Å²) < 4.78 is 7.38.